The van der Waals surface area contributed by atoms with Gasteiger partial charge in [0.05, 0.1) is 4.70 Å². The minimum Gasteiger partial charge on any atom is -0.506 e. The first-order valence-corrected chi connectivity index (χ1v) is 5.80. The van der Waals surface area contributed by atoms with Crippen LogP contribution < -0.4 is 0 Å². The van der Waals surface area contributed by atoms with E-state index in [1.54, 1.807) is 17.4 Å². The van der Waals surface area contributed by atoms with Gasteiger partial charge >= 0.3 is 0 Å². The monoisotopic (exact) mass is 234 g/mol. The van der Waals surface area contributed by atoms with E-state index < -0.39 is 0 Å². The number of rotatable bonds is 0. The Labute approximate surface area is 95.5 Å². The van der Waals surface area contributed by atoms with Crippen molar-refractivity contribution in [3.05, 3.63) is 40.7 Å². The molecule has 2 aromatic carbocycles. The average molecular weight is 235 g/mol. The van der Waals surface area contributed by atoms with E-state index >= 15 is 0 Å². The summed E-state index contributed by atoms with van der Waals surface area (Å²) >= 11 is 7.51. The SMILES string of the molecule is Oc1cc2ccc(Cl)cc2c2ccsc12. The van der Waals surface area contributed by atoms with Gasteiger partial charge in [0.15, 0.2) is 0 Å². The molecule has 1 aromatic heterocycles. The van der Waals surface area contributed by atoms with Crippen LogP contribution >= 0.6 is 22.9 Å². The molecule has 0 aliphatic rings. The fourth-order valence-corrected chi connectivity index (χ4v) is 2.82. The molecule has 3 heteroatoms. The molecule has 0 aliphatic heterocycles. The van der Waals surface area contributed by atoms with Crippen molar-refractivity contribution in [3.63, 3.8) is 0 Å². The maximum absolute atomic E-state index is 9.80. The summed E-state index contributed by atoms with van der Waals surface area (Å²) in [7, 11) is 0. The van der Waals surface area contributed by atoms with E-state index in [-0.39, 0.29) is 0 Å². The lowest BCUT2D eigenvalue weighted by atomic mass is 10.1. The van der Waals surface area contributed by atoms with Crippen LogP contribution in [0.5, 0.6) is 5.75 Å². The molecule has 0 bridgehead atoms. The molecule has 1 nitrogen and oxygen atoms in total. The molecule has 0 saturated heterocycles. The van der Waals surface area contributed by atoms with Gasteiger partial charge in [-0.1, -0.05) is 17.7 Å². The quantitative estimate of drug-likeness (QED) is 0.611. The Balaban J connectivity index is 2.61. The Morgan fingerprint density at radius 1 is 1.07 bits per heavy atom. The summed E-state index contributed by atoms with van der Waals surface area (Å²) in [6.07, 6.45) is 0. The summed E-state index contributed by atoms with van der Waals surface area (Å²) in [5, 5.41) is 15.7. The fraction of sp³-hybridized carbons (Fsp3) is 0. The highest BCUT2D eigenvalue weighted by Crippen LogP contribution is 2.37. The minimum atomic E-state index is 0.342. The van der Waals surface area contributed by atoms with E-state index in [0.29, 0.717) is 5.75 Å². The lowest BCUT2D eigenvalue weighted by Gasteiger charge is -2.02. The van der Waals surface area contributed by atoms with E-state index in [1.165, 1.54) is 0 Å². The smallest absolute Gasteiger partial charge is 0.134 e. The number of hydrogen-bond acceptors (Lipinski definition) is 2. The van der Waals surface area contributed by atoms with Crippen LogP contribution in [0.25, 0.3) is 20.9 Å². The summed E-state index contributed by atoms with van der Waals surface area (Å²) in [4.78, 5) is 0. The van der Waals surface area contributed by atoms with Crippen LogP contribution in [0, 0.1) is 0 Å². The molecular weight excluding hydrogens is 228 g/mol. The van der Waals surface area contributed by atoms with E-state index in [9.17, 15) is 5.11 Å². The largest absolute Gasteiger partial charge is 0.506 e. The van der Waals surface area contributed by atoms with Crippen molar-refractivity contribution < 1.29 is 5.11 Å². The number of phenols is 1. The summed E-state index contributed by atoms with van der Waals surface area (Å²) in [6.45, 7) is 0. The van der Waals surface area contributed by atoms with Crippen molar-refractivity contribution in [2.45, 2.75) is 0 Å². The van der Waals surface area contributed by atoms with Crippen LogP contribution in [0.1, 0.15) is 0 Å². The second-order valence-electron chi connectivity index (χ2n) is 3.42. The van der Waals surface area contributed by atoms with Gasteiger partial charge in [0.25, 0.3) is 0 Å². The molecule has 0 fully saturated rings. The standard InChI is InChI=1S/C12H7ClOS/c13-8-2-1-7-5-11(14)12-9(3-4-15-12)10(7)6-8/h1-6,14H. The van der Waals surface area contributed by atoms with Crippen LogP contribution in [0.2, 0.25) is 5.02 Å². The van der Waals surface area contributed by atoms with Crippen LogP contribution in [0.4, 0.5) is 0 Å². The Bertz CT molecular complexity index is 657. The second-order valence-corrected chi connectivity index (χ2v) is 4.78. The third kappa shape index (κ3) is 1.29. The zero-order valence-corrected chi connectivity index (χ0v) is 9.27. The van der Waals surface area contributed by atoms with Crippen LogP contribution in [0.15, 0.2) is 35.7 Å². The van der Waals surface area contributed by atoms with E-state index in [0.717, 1.165) is 25.9 Å². The normalized spacial score (nSPS) is 11.3. The molecule has 0 saturated carbocycles. The van der Waals surface area contributed by atoms with Crippen LogP contribution in [0.3, 0.4) is 0 Å². The molecule has 3 aromatic rings. The zero-order chi connectivity index (χ0) is 10.4. The molecule has 0 atom stereocenters. The van der Waals surface area contributed by atoms with Gasteiger partial charge in [-0.25, -0.2) is 0 Å². The summed E-state index contributed by atoms with van der Waals surface area (Å²) in [6, 6.07) is 9.49. The van der Waals surface area contributed by atoms with Crippen molar-refractivity contribution >= 4 is 43.8 Å². The highest BCUT2D eigenvalue weighted by atomic mass is 35.5. The second kappa shape index (κ2) is 3.12. The van der Waals surface area contributed by atoms with Crippen LogP contribution in [-0.4, -0.2) is 5.11 Å². The Kier molecular flexibility index (Phi) is 1.87. The molecular formula is C12H7ClOS. The van der Waals surface area contributed by atoms with Gasteiger partial charge in [0.2, 0.25) is 0 Å². The van der Waals surface area contributed by atoms with Gasteiger partial charge in [-0.2, -0.15) is 0 Å². The maximum Gasteiger partial charge on any atom is 0.134 e. The summed E-state index contributed by atoms with van der Waals surface area (Å²) in [5.74, 6) is 0.342. The van der Waals surface area contributed by atoms with Gasteiger partial charge < -0.3 is 5.11 Å². The molecule has 3 rings (SSSR count). The molecule has 0 spiro atoms. The van der Waals surface area contributed by atoms with Crippen molar-refractivity contribution in [1.29, 1.82) is 0 Å². The zero-order valence-electron chi connectivity index (χ0n) is 7.70. The van der Waals surface area contributed by atoms with Crippen molar-refractivity contribution in [2.75, 3.05) is 0 Å². The number of benzene rings is 2. The highest BCUT2D eigenvalue weighted by Gasteiger charge is 2.06. The Morgan fingerprint density at radius 3 is 2.80 bits per heavy atom. The minimum absolute atomic E-state index is 0.342. The first-order chi connectivity index (χ1) is 7.25. The Hall–Kier alpha value is -1.25. The predicted molar refractivity (Wildman–Crippen MR) is 66.0 cm³/mol. The fourth-order valence-electron chi connectivity index (χ4n) is 1.82. The van der Waals surface area contributed by atoms with Gasteiger partial charge in [0.1, 0.15) is 5.75 Å². The molecule has 15 heavy (non-hydrogen) atoms. The molecule has 74 valence electrons. The maximum atomic E-state index is 9.80. The molecule has 0 amide bonds. The van der Waals surface area contributed by atoms with Gasteiger partial charge in [-0.15, -0.1) is 11.3 Å². The summed E-state index contributed by atoms with van der Waals surface area (Å²) in [5.41, 5.74) is 0. The van der Waals surface area contributed by atoms with Gasteiger partial charge in [-0.3, -0.25) is 0 Å². The Morgan fingerprint density at radius 2 is 1.93 bits per heavy atom. The van der Waals surface area contributed by atoms with E-state index in [4.69, 9.17) is 11.6 Å². The van der Waals surface area contributed by atoms with Crippen molar-refractivity contribution in [3.8, 4) is 5.75 Å². The number of hydrogen-bond donors (Lipinski definition) is 1. The third-order valence-electron chi connectivity index (χ3n) is 2.50. The lowest BCUT2D eigenvalue weighted by molar-refractivity contribution is 0.483. The average Bonchev–Trinajstić information content (AvgIpc) is 2.69. The number of phenolic OH excluding ortho intramolecular Hbond substituents is 1. The number of aromatic hydroxyl groups is 1. The lowest BCUT2D eigenvalue weighted by Crippen LogP contribution is -1.74. The topological polar surface area (TPSA) is 20.2 Å². The highest BCUT2D eigenvalue weighted by molar-refractivity contribution is 7.17. The van der Waals surface area contributed by atoms with Crippen LogP contribution in [-0.2, 0) is 0 Å². The molecule has 1 heterocycles. The van der Waals surface area contributed by atoms with Crippen molar-refractivity contribution in [2.24, 2.45) is 0 Å². The van der Waals surface area contributed by atoms with Gasteiger partial charge in [0, 0.05) is 10.4 Å². The number of fused-ring (bicyclic) bond motifs is 3. The molecule has 0 unspecified atom stereocenters. The third-order valence-corrected chi connectivity index (χ3v) is 3.67. The molecule has 0 aliphatic carbocycles. The summed E-state index contributed by atoms with van der Waals surface area (Å²) < 4.78 is 0.921. The van der Waals surface area contributed by atoms with E-state index in [1.807, 2.05) is 29.6 Å². The first-order valence-electron chi connectivity index (χ1n) is 4.54. The molecule has 0 radical (unpaired) electrons. The molecule has 1 N–H and O–H groups in total. The first kappa shape index (κ1) is 9.01. The van der Waals surface area contributed by atoms with Gasteiger partial charge in [-0.05, 0) is 40.4 Å². The number of thiophene rings is 1. The van der Waals surface area contributed by atoms with E-state index in [2.05, 4.69) is 0 Å². The predicted octanol–water partition coefficient (Wildman–Crippen LogP) is 4.41. The van der Waals surface area contributed by atoms with Crippen molar-refractivity contribution in [1.82, 2.24) is 0 Å². The number of halogens is 1.